The van der Waals surface area contributed by atoms with Crippen molar-refractivity contribution in [3.8, 4) is 11.3 Å². The van der Waals surface area contributed by atoms with Crippen molar-refractivity contribution in [3.63, 3.8) is 0 Å². The molecule has 3 rings (SSSR count). The van der Waals surface area contributed by atoms with Gasteiger partial charge >= 0.3 is 0 Å². The maximum absolute atomic E-state index is 12.2. The fourth-order valence-electron chi connectivity index (χ4n) is 2.19. The first kappa shape index (κ1) is 18.4. The Morgan fingerprint density at radius 2 is 1.88 bits per heavy atom. The molecule has 1 amide bonds. The highest BCUT2D eigenvalue weighted by Gasteiger charge is 2.11. The highest BCUT2D eigenvalue weighted by molar-refractivity contribution is 7.92. The average Bonchev–Trinajstić information content (AvgIpc) is 3.02. The molecule has 2 aromatic carbocycles. The molecule has 0 unspecified atom stereocenters. The molecule has 0 aliphatic heterocycles. The lowest BCUT2D eigenvalue weighted by Crippen LogP contribution is -2.11. The van der Waals surface area contributed by atoms with Gasteiger partial charge in [-0.05, 0) is 30.3 Å². The van der Waals surface area contributed by atoms with Gasteiger partial charge in [0.1, 0.15) is 0 Å². The van der Waals surface area contributed by atoms with Crippen LogP contribution in [0.2, 0.25) is 5.02 Å². The average molecular weight is 408 g/mol. The Morgan fingerprint density at radius 1 is 1.15 bits per heavy atom. The molecule has 9 heteroatoms. The number of carbonyl (C=O) groups is 1. The van der Waals surface area contributed by atoms with E-state index in [0.29, 0.717) is 27.1 Å². The molecule has 2 N–H and O–H groups in total. The molecule has 26 heavy (non-hydrogen) atoms. The third-order valence-corrected chi connectivity index (χ3v) is 4.89. The Morgan fingerprint density at radius 3 is 2.54 bits per heavy atom. The second kappa shape index (κ2) is 7.45. The number of benzene rings is 2. The van der Waals surface area contributed by atoms with E-state index in [4.69, 9.17) is 11.6 Å². The molecule has 0 aliphatic carbocycles. The van der Waals surface area contributed by atoms with Gasteiger partial charge in [-0.3, -0.25) is 14.8 Å². The second-order valence-electron chi connectivity index (χ2n) is 5.45. The van der Waals surface area contributed by atoms with E-state index in [9.17, 15) is 13.2 Å². The minimum Gasteiger partial charge on any atom is -0.298 e. The van der Waals surface area contributed by atoms with Gasteiger partial charge in [0.2, 0.25) is 10.0 Å². The third kappa shape index (κ3) is 4.81. The predicted octanol–water partition coefficient (Wildman–Crippen LogP) is 4.09. The first-order chi connectivity index (χ1) is 12.3. The van der Waals surface area contributed by atoms with Crippen LogP contribution in [0.5, 0.6) is 0 Å². The van der Waals surface area contributed by atoms with Crippen molar-refractivity contribution in [2.24, 2.45) is 0 Å². The normalized spacial score (nSPS) is 11.2. The smallest absolute Gasteiger partial charge is 0.257 e. The van der Waals surface area contributed by atoms with Crippen LogP contribution in [0.15, 0.2) is 53.9 Å². The maximum Gasteiger partial charge on any atom is 0.257 e. The van der Waals surface area contributed by atoms with Gasteiger partial charge in [0.25, 0.3) is 5.91 Å². The number of hydrogen-bond acceptors (Lipinski definition) is 5. The summed E-state index contributed by atoms with van der Waals surface area (Å²) in [5.74, 6) is -0.291. The molecular weight excluding hydrogens is 394 g/mol. The van der Waals surface area contributed by atoms with Crippen LogP contribution < -0.4 is 10.0 Å². The molecule has 0 bridgehead atoms. The Hall–Kier alpha value is -2.42. The summed E-state index contributed by atoms with van der Waals surface area (Å²) >= 11 is 7.19. The molecule has 6 nitrogen and oxygen atoms in total. The monoisotopic (exact) mass is 407 g/mol. The van der Waals surface area contributed by atoms with E-state index in [2.05, 4.69) is 15.0 Å². The quantitative estimate of drug-likeness (QED) is 0.666. The molecular formula is C17H14ClN3O3S2. The van der Waals surface area contributed by atoms with Crippen LogP contribution in [0.1, 0.15) is 10.4 Å². The summed E-state index contributed by atoms with van der Waals surface area (Å²) in [6, 6.07) is 13.5. The topological polar surface area (TPSA) is 88.2 Å². The fourth-order valence-corrected chi connectivity index (χ4v) is 3.66. The van der Waals surface area contributed by atoms with Crippen LogP contribution in [0.25, 0.3) is 11.3 Å². The number of nitrogens with zero attached hydrogens (tertiary/aromatic N) is 1. The van der Waals surface area contributed by atoms with Crippen molar-refractivity contribution < 1.29 is 13.2 Å². The van der Waals surface area contributed by atoms with Crippen molar-refractivity contribution in [1.29, 1.82) is 0 Å². The lowest BCUT2D eigenvalue weighted by Gasteiger charge is -2.04. The molecule has 0 atom stereocenters. The molecule has 0 saturated carbocycles. The lowest BCUT2D eigenvalue weighted by molar-refractivity contribution is 0.102. The molecule has 0 radical (unpaired) electrons. The number of anilines is 2. The molecule has 0 aliphatic rings. The SMILES string of the molecule is CS(=O)(=O)Nc1ccc(-c2csc(NC(=O)c3cccc(Cl)c3)n2)cc1. The van der Waals surface area contributed by atoms with Crippen LogP contribution in [0.3, 0.4) is 0 Å². The fraction of sp³-hybridized carbons (Fsp3) is 0.0588. The number of halogens is 1. The van der Waals surface area contributed by atoms with E-state index < -0.39 is 10.0 Å². The van der Waals surface area contributed by atoms with Gasteiger partial charge in [-0.1, -0.05) is 29.8 Å². The standard InChI is InChI=1S/C17H14ClN3O3S2/c1-26(23,24)21-14-7-5-11(6-8-14)15-10-25-17(19-15)20-16(22)12-3-2-4-13(18)9-12/h2-10,21H,1H3,(H,19,20,22). The Labute approximate surface area is 159 Å². The van der Waals surface area contributed by atoms with Gasteiger partial charge < -0.3 is 0 Å². The van der Waals surface area contributed by atoms with E-state index in [1.807, 2.05) is 5.38 Å². The zero-order chi connectivity index (χ0) is 18.7. The highest BCUT2D eigenvalue weighted by Crippen LogP contribution is 2.26. The zero-order valence-electron chi connectivity index (χ0n) is 13.6. The van der Waals surface area contributed by atoms with Crippen molar-refractivity contribution in [3.05, 3.63) is 64.5 Å². The van der Waals surface area contributed by atoms with E-state index >= 15 is 0 Å². The first-order valence-electron chi connectivity index (χ1n) is 7.41. The third-order valence-electron chi connectivity index (χ3n) is 3.30. The van der Waals surface area contributed by atoms with Gasteiger partial charge in [-0.25, -0.2) is 13.4 Å². The molecule has 3 aromatic rings. The highest BCUT2D eigenvalue weighted by atomic mass is 35.5. The summed E-state index contributed by atoms with van der Waals surface area (Å²) in [6.45, 7) is 0. The largest absolute Gasteiger partial charge is 0.298 e. The van der Waals surface area contributed by atoms with E-state index in [0.717, 1.165) is 11.8 Å². The number of thiazole rings is 1. The Balaban J connectivity index is 1.72. The van der Waals surface area contributed by atoms with Crippen LogP contribution in [0.4, 0.5) is 10.8 Å². The van der Waals surface area contributed by atoms with Gasteiger partial charge in [0.05, 0.1) is 11.9 Å². The van der Waals surface area contributed by atoms with Crippen LogP contribution in [-0.2, 0) is 10.0 Å². The summed E-state index contributed by atoms with van der Waals surface area (Å²) in [4.78, 5) is 16.6. The minimum absolute atomic E-state index is 0.291. The van der Waals surface area contributed by atoms with Crippen LogP contribution in [0, 0.1) is 0 Å². The second-order valence-corrected chi connectivity index (χ2v) is 8.50. The lowest BCUT2D eigenvalue weighted by atomic mass is 10.1. The number of sulfonamides is 1. The minimum atomic E-state index is -3.31. The van der Waals surface area contributed by atoms with Crippen molar-refractivity contribution in [2.45, 2.75) is 0 Å². The summed E-state index contributed by atoms with van der Waals surface area (Å²) in [6.07, 6.45) is 1.09. The number of hydrogen-bond donors (Lipinski definition) is 2. The van der Waals surface area contributed by atoms with E-state index in [1.54, 1.807) is 48.5 Å². The van der Waals surface area contributed by atoms with Gasteiger partial charge in [-0.15, -0.1) is 11.3 Å². The summed E-state index contributed by atoms with van der Waals surface area (Å²) in [7, 11) is -3.31. The maximum atomic E-state index is 12.2. The Kier molecular flexibility index (Phi) is 5.26. The summed E-state index contributed by atoms with van der Waals surface area (Å²) in [5, 5.41) is 5.50. The van der Waals surface area contributed by atoms with Gasteiger partial charge in [0.15, 0.2) is 5.13 Å². The molecule has 0 saturated heterocycles. The molecule has 1 aromatic heterocycles. The number of amides is 1. The Bertz CT molecular complexity index is 1050. The number of nitrogens with one attached hydrogen (secondary N) is 2. The molecule has 134 valence electrons. The van der Waals surface area contributed by atoms with Gasteiger partial charge in [-0.2, -0.15) is 0 Å². The van der Waals surface area contributed by atoms with Crippen molar-refractivity contribution >= 4 is 49.7 Å². The number of carbonyl (C=O) groups excluding carboxylic acids is 1. The molecule has 0 spiro atoms. The van der Waals surface area contributed by atoms with Crippen LogP contribution >= 0.6 is 22.9 Å². The first-order valence-corrected chi connectivity index (χ1v) is 10.6. The van der Waals surface area contributed by atoms with Crippen molar-refractivity contribution in [1.82, 2.24) is 4.98 Å². The van der Waals surface area contributed by atoms with Gasteiger partial charge in [0, 0.05) is 27.2 Å². The molecule has 1 heterocycles. The summed E-state index contributed by atoms with van der Waals surface area (Å²) in [5.41, 5.74) is 2.41. The van der Waals surface area contributed by atoms with Crippen LogP contribution in [-0.4, -0.2) is 25.6 Å². The number of rotatable bonds is 5. The number of aromatic nitrogens is 1. The predicted molar refractivity (Wildman–Crippen MR) is 105 cm³/mol. The summed E-state index contributed by atoms with van der Waals surface area (Å²) < 4.78 is 24.9. The zero-order valence-corrected chi connectivity index (χ0v) is 16.0. The van der Waals surface area contributed by atoms with Crippen molar-refractivity contribution in [2.75, 3.05) is 16.3 Å². The van der Waals surface area contributed by atoms with E-state index in [-0.39, 0.29) is 5.91 Å². The molecule has 0 fully saturated rings. The van der Waals surface area contributed by atoms with E-state index in [1.165, 1.54) is 11.3 Å².